The van der Waals surface area contributed by atoms with E-state index in [9.17, 15) is 0 Å². The van der Waals surface area contributed by atoms with E-state index >= 15 is 0 Å². The summed E-state index contributed by atoms with van der Waals surface area (Å²) >= 11 is 1.77. The zero-order chi connectivity index (χ0) is 11.0. The van der Waals surface area contributed by atoms with E-state index in [4.69, 9.17) is 0 Å². The van der Waals surface area contributed by atoms with Gasteiger partial charge in [0.25, 0.3) is 0 Å². The van der Waals surface area contributed by atoms with Crippen LogP contribution in [0.4, 0.5) is 11.4 Å². The molecule has 1 aliphatic rings. The lowest BCUT2D eigenvalue weighted by molar-refractivity contribution is 0.619. The van der Waals surface area contributed by atoms with Gasteiger partial charge in [0.1, 0.15) is 0 Å². The molecule has 2 heteroatoms. The minimum atomic E-state index is 0.601. The van der Waals surface area contributed by atoms with Gasteiger partial charge in [0.05, 0.1) is 5.69 Å². The maximum absolute atomic E-state index is 2.47. The van der Waals surface area contributed by atoms with Gasteiger partial charge >= 0.3 is 0 Å². The molecule has 1 unspecified atom stereocenters. The van der Waals surface area contributed by atoms with Crippen LogP contribution in [0, 0.1) is 0 Å². The van der Waals surface area contributed by atoms with Gasteiger partial charge in [-0.25, -0.2) is 0 Å². The van der Waals surface area contributed by atoms with Crippen LogP contribution in [0.1, 0.15) is 18.9 Å². The first-order valence-corrected chi connectivity index (χ1v) is 6.70. The molecule has 1 aromatic heterocycles. The molecule has 0 bridgehead atoms. The van der Waals surface area contributed by atoms with Gasteiger partial charge in [-0.15, -0.1) is 0 Å². The summed E-state index contributed by atoms with van der Waals surface area (Å²) in [6.07, 6.45) is 2.45. The van der Waals surface area contributed by atoms with Gasteiger partial charge in [-0.2, -0.15) is 11.3 Å². The first kappa shape index (κ1) is 9.91. The fraction of sp³-hybridized carbons (Fsp3) is 0.286. The second kappa shape index (κ2) is 3.95. The van der Waals surface area contributed by atoms with Crippen LogP contribution >= 0.6 is 11.3 Å². The molecule has 1 nitrogen and oxygen atoms in total. The Morgan fingerprint density at radius 1 is 1.25 bits per heavy atom. The number of para-hydroxylation sites is 1. The van der Waals surface area contributed by atoms with Crippen molar-refractivity contribution >= 4 is 22.7 Å². The summed E-state index contributed by atoms with van der Waals surface area (Å²) in [6.45, 7) is 2.31. The van der Waals surface area contributed by atoms with E-state index in [1.54, 1.807) is 11.3 Å². The van der Waals surface area contributed by atoms with Crippen molar-refractivity contribution in [1.29, 1.82) is 0 Å². The average molecular weight is 229 g/mol. The van der Waals surface area contributed by atoms with E-state index in [-0.39, 0.29) is 0 Å². The van der Waals surface area contributed by atoms with E-state index in [2.05, 4.69) is 52.9 Å². The van der Waals surface area contributed by atoms with Crippen LogP contribution in [0.2, 0.25) is 0 Å². The highest BCUT2D eigenvalue weighted by atomic mass is 32.1. The highest BCUT2D eigenvalue weighted by Crippen LogP contribution is 2.37. The first-order valence-electron chi connectivity index (χ1n) is 5.75. The third kappa shape index (κ3) is 1.54. The summed E-state index contributed by atoms with van der Waals surface area (Å²) in [5.74, 6) is 0. The third-order valence-electron chi connectivity index (χ3n) is 3.31. The van der Waals surface area contributed by atoms with Crippen molar-refractivity contribution < 1.29 is 0 Å². The van der Waals surface area contributed by atoms with E-state index < -0.39 is 0 Å². The standard InChI is InChI=1S/C14H15NS/c1-11-6-7-12-4-2-3-5-14(12)15(11)13-8-9-16-10-13/h2-5,8-11H,6-7H2,1H3. The summed E-state index contributed by atoms with van der Waals surface area (Å²) in [7, 11) is 0. The molecule has 0 spiro atoms. The van der Waals surface area contributed by atoms with Crippen molar-refractivity contribution in [2.45, 2.75) is 25.8 Å². The highest BCUT2D eigenvalue weighted by Gasteiger charge is 2.23. The lowest BCUT2D eigenvalue weighted by Crippen LogP contribution is -2.32. The lowest BCUT2D eigenvalue weighted by Gasteiger charge is -2.36. The molecule has 0 aliphatic carbocycles. The van der Waals surface area contributed by atoms with E-state index in [1.165, 1.54) is 29.8 Å². The quantitative estimate of drug-likeness (QED) is 0.707. The number of nitrogens with zero attached hydrogens (tertiary/aromatic N) is 1. The predicted octanol–water partition coefficient (Wildman–Crippen LogP) is 4.22. The number of rotatable bonds is 1. The minimum absolute atomic E-state index is 0.601. The Labute approximate surface area is 100 Å². The van der Waals surface area contributed by atoms with Crippen LogP contribution in [0.15, 0.2) is 41.1 Å². The SMILES string of the molecule is CC1CCc2ccccc2N1c1ccsc1. The Hall–Kier alpha value is -1.28. The fourth-order valence-electron chi connectivity index (χ4n) is 2.48. The maximum Gasteiger partial charge on any atom is 0.0521 e. The van der Waals surface area contributed by atoms with Crippen molar-refractivity contribution in [2.75, 3.05) is 4.90 Å². The lowest BCUT2D eigenvalue weighted by atomic mass is 9.96. The minimum Gasteiger partial charge on any atom is -0.338 e. The van der Waals surface area contributed by atoms with Crippen LogP contribution in [0.25, 0.3) is 0 Å². The number of anilines is 2. The Kier molecular flexibility index (Phi) is 2.44. The molecule has 0 saturated carbocycles. The Morgan fingerprint density at radius 2 is 2.12 bits per heavy atom. The first-order chi connectivity index (χ1) is 7.86. The molecule has 1 atom stereocenters. The molecule has 0 N–H and O–H groups in total. The number of fused-ring (bicyclic) bond motifs is 1. The normalized spacial score (nSPS) is 19.6. The number of aryl methyl sites for hydroxylation is 1. The second-order valence-corrected chi connectivity index (χ2v) is 5.15. The number of thiophene rings is 1. The van der Waals surface area contributed by atoms with Gasteiger partial charge in [0.15, 0.2) is 0 Å². The summed E-state index contributed by atoms with van der Waals surface area (Å²) < 4.78 is 0. The molecule has 0 fully saturated rings. The summed E-state index contributed by atoms with van der Waals surface area (Å²) in [5, 5.41) is 4.39. The maximum atomic E-state index is 2.47. The van der Waals surface area contributed by atoms with Crippen molar-refractivity contribution in [3.05, 3.63) is 46.7 Å². The van der Waals surface area contributed by atoms with Crippen LogP contribution in [0.5, 0.6) is 0 Å². The van der Waals surface area contributed by atoms with Gasteiger partial charge in [-0.05, 0) is 42.8 Å². The van der Waals surface area contributed by atoms with E-state index in [0.29, 0.717) is 6.04 Å². The summed E-state index contributed by atoms with van der Waals surface area (Å²) in [5.41, 5.74) is 4.20. The van der Waals surface area contributed by atoms with Crippen molar-refractivity contribution in [3.8, 4) is 0 Å². The van der Waals surface area contributed by atoms with Gasteiger partial charge < -0.3 is 4.90 Å². The number of hydrogen-bond donors (Lipinski definition) is 0. The van der Waals surface area contributed by atoms with Gasteiger partial charge in [0, 0.05) is 17.1 Å². The van der Waals surface area contributed by atoms with Gasteiger partial charge in [0.2, 0.25) is 0 Å². The van der Waals surface area contributed by atoms with E-state index in [1.807, 2.05) is 0 Å². The van der Waals surface area contributed by atoms with Crippen molar-refractivity contribution in [1.82, 2.24) is 0 Å². The van der Waals surface area contributed by atoms with Crippen LogP contribution in [-0.2, 0) is 6.42 Å². The largest absolute Gasteiger partial charge is 0.338 e. The average Bonchev–Trinajstić information content (AvgIpc) is 2.82. The van der Waals surface area contributed by atoms with Crippen LogP contribution in [0.3, 0.4) is 0 Å². The Balaban J connectivity index is 2.10. The zero-order valence-corrected chi connectivity index (χ0v) is 10.2. The van der Waals surface area contributed by atoms with Crippen LogP contribution in [-0.4, -0.2) is 6.04 Å². The smallest absolute Gasteiger partial charge is 0.0521 e. The number of benzene rings is 1. The monoisotopic (exact) mass is 229 g/mol. The van der Waals surface area contributed by atoms with E-state index in [0.717, 1.165) is 0 Å². The zero-order valence-electron chi connectivity index (χ0n) is 9.39. The molecule has 1 aromatic carbocycles. The number of hydrogen-bond acceptors (Lipinski definition) is 2. The van der Waals surface area contributed by atoms with Crippen molar-refractivity contribution in [3.63, 3.8) is 0 Å². The molecular weight excluding hydrogens is 214 g/mol. The molecule has 16 heavy (non-hydrogen) atoms. The Bertz CT molecular complexity index is 475. The fourth-order valence-corrected chi connectivity index (χ4v) is 3.10. The molecule has 0 radical (unpaired) electrons. The summed E-state index contributed by atoms with van der Waals surface area (Å²) in [6, 6.07) is 11.6. The third-order valence-corrected chi connectivity index (χ3v) is 3.98. The second-order valence-electron chi connectivity index (χ2n) is 4.37. The molecule has 0 amide bonds. The molecule has 2 aromatic rings. The molecule has 1 aliphatic heterocycles. The van der Waals surface area contributed by atoms with Gasteiger partial charge in [-0.3, -0.25) is 0 Å². The van der Waals surface area contributed by atoms with Gasteiger partial charge in [-0.1, -0.05) is 18.2 Å². The topological polar surface area (TPSA) is 3.24 Å². The Morgan fingerprint density at radius 3 is 2.94 bits per heavy atom. The summed E-state index contributed by atoms with van der Waals surface area (Å²) in [4.78, 5) is 2.47. The molecule has 2 heterocycles. The molecule has 0 saturated heterocycles. The van der Waals surface area contributed by atoms with Crippen LogP contribution < -0.4 is 4.90 Å². The molecule has 3 rings (SSSR count). The van der Waals surface area contributed by atoms with Crippen molar-refractivity contribution in [2.24, 2.45) is 0 Å². The highest BCUT2D eigenvalue weighted by molar-refractivity contribution is 7.08. The molecule has 82 valence electrons. The molecular formula is C14H15NS. The predicted molar refractivity (Wildman–Crippen MR) is 70.7 cm³/mol.